The summed E-state index contributed by atoms with van der Waals surface area (Å²) in [6.45, 7) is 6.88. The normalized spacial score (nSPS) is 20.0. The van der Waals surface area contributed by atoms with Crippen molar-refractivity contribution >= 4 is 21.6 Å². The van der Waals surface area contributed by atoms with Gasteiger partial charge in [-0.25, -0.2) is 8.42 Å². The molecule has 0 radical (unpaired) electrons. The van der Waals surface area contributed by atoms with Gasteiger partial charge >= 0.3 is 0 Å². The average Bonchev–Trinajstić information content (AvgIpc) is 2.47. The second-order valence-electron chi connectivity index (χ2n) is 4.94. The highest BCUT2D eigenvalue weighted by molar-refractivity contribution is 7.89. The third-order valence-electron chi connectivity index (χ3n) is 3.28. The molecular weight excluding hydrogens is 290 g/mol. The lowest BCUT2D eigenvalue weighted by Crippen LogP contribution is -2.51. The third kappa shape index (κ3) is 3.69. The third-order valence-corrected chi connectivity index (χ3v) is 5.16. The molecule has 1 aromatic carbocycles. The van der Waals surface area contributed by atoms with Crippen molar-refractivity contribution in [3.63, 3.8) is 0 Å². The van der Waals surface area contributed by atoms with Crippen LogP contribution in [0.3, 0.4) is 0 Å². The van der Waals surface area contributed by atoms with Crippen molar-refractivity contribution in [1.82, 2.24) is 9.62 Å². The van der Waals surface area contributed by atoms with Crippen LogP contribution in [0.25, 0.3) is 0 Å². The first kappa shape index (κ1) is 15.7. The topological polar surface area (TPSA) is 78.5 Å². The Bertz CT molecular complexity index is 625. The number of piperazine rings is 1. The Morgan fingerprint density at radius 3 is 2.67 bits per heavy atom. The summed E-state index contributed by atoms with van der Waals surface area (Å²) < 4.78 is 26.5. The lowest BCUT2D eigenvalue weighted by Gasteiger charge is -2.31. The van der Waals surface area contributed by atoms with Gasteiger partial charge in [-0.2, -0.15) is 4.31 Å². The lowest BCUT2D eigenvalue weighted by molar-refractivity contribution is -0.111. The van der Waals surface area contributed by atoms with Crippen LogP contribution in [0.1, 0.15) is 6.92 Å². The molecule has 1 heterocycles. The molecule has 1 aliphatic heterocycles. The predicted octanol–water partition coefficient (Wildman–Crippen LogP) is 0.793. The Morgan fingerprint density at radius 2 is 2.10 bits per heavy atom. The summed E-state index contributed by atoms with van der Waals surface area (Å²) in [6.07, 6.45) is 1.16. The molecule has 0 spiro atoms. The van der Waals surface area contributed by atoms with E-state index in [4.69, 9.17) is 0 Å². The molecule has 1 amide bonds. The zero-order valence-corrected chi connectivity index (χ0v) is 12.7. The number of sulfonamides is 1. The van der Waals surface area contributed by atoms with Crippen LogP contribution in [0.2, 0.25) is 0 Å². The molecule has 21 heavy (non-hydrogen) atoms. The van der Waals surface area contributed by atoms with Gasteiger partial charge in [-0.05, 0) is 37.3 Å². The maximum atomic E-state index is 12.5. The molecule has 2 rings (SSSR count). The van der Waals surface area contributed by atoms with E-state index in [1.54, 1.807) is 12.1 Å². The minimum atomic E-state index is -3.49. The molecule has 0 unspecified atom stereocenters. The smallest absolute Gasteiger partial charge is 0.247 e. The highest BCUT2D eigenvalue weighted by atomic mass is 32.2. The molecule has 1 saturated heterocycles. The van der Waals surface area contributed by atoms with Crippen molar-refractivity contribution in [2.75, 3.05) is 25.0 Å². The first-order valence-corrected chi connectivity index (χ1v) is 8.14. The minimum Gasteiger partial charge on any atom is -0.323 e. The van der Waals surface area contributed by atoms with Gasteiger partial charge in [0.15, 0.2) is 0 Å². The van der Waals surface area contributed by atoms with Crippen LogP contribution < -0.4 is 10.6 Å². The highest BCUT2D eigenvalue weighted by Gasteiger charge is 2.28. The van der Waals surface area contributed by atoms with E-state index in [9.17, 15) is 13.2 Å². The van der Waals surface area contributed by atoms with Crippen molar-refractivity contribution in [1.29, 1.82) is 0 Å². The highest BCUT2D eigenvalue weighted by Crippen LogP contribution is 2.19. The van der Waals surface area contributed by atoms with Gasteiger partial charge in [-0.1, -0.05) is 6.58 Å². The summed E-state index contributed by atoms with van der Waals surface area (Å²) >= 11 is 0. The van der Waals surface area contributed by atoms with Crippen LogP contribution in [0.15, 0.2) is 41.8 Å². The van der Waals surface area contributed by atoms with Crippen LogP contribution >= 0.6 is 0 Å². The summed E-state index contributed by atoms with van der Waals surface area (Å²) in [5.41, 5.74) is 0.535. The molecule has 2 N–H and O–H groups in total. The number of anilines is 1. The molecule has 1 aliphatic rings. The van der Waals surface area contributed by atoms with Crippen LogP contribution in [0.4, 0.5) is 5.69 Å². The first-order valence-electron chi connectivity index (χ1n) is 6.70. The van der Waals surface area contributed by atoms with E-state index in [-0.39, 0.29) is 16.8 Å². The molecule has 7 heteroatoms. The molecule has 0 aliphatic carbocycles. The number of carbonyl (C=O) groups is 1. The summed E-state index contributed by atoms with van der Waals surface area (Å²) in [6, 6.07) is 6.28. The second kappa shape index (κ2) is 6.38. The Balaban J connectivity index is 2.16. The molecule has 1 atom stereocenters. The maximum Gasteiger partial charge on any atom is 0.247 e. The van der Waals surface area contributed by atoms with Crippen LogP contribution in [0, 0.1) is 0 Å². The van der Waals surface area contributed by atoms with E-state index in [1.165, 1.54) is 16.4 Å². The van der Waals surface area contributed by atoms with Crippen LogP contribution in [-0.4, -0.2) is 44.3 Å². The number of nitrogens with one attached hydrogen (secondary N) is 2. The molecule has 0 bridgehead atoms. The van der Waals surface area contributed by atoms with Gasteiger partial charge in [-0.3, -0.25) is 4.79 Å². The Labute approximate surface area is 124 Å². The Kier molecular flexibility index (Phi) is 4.76. The van der Waals surface area contributed by atoms with Crippen molar-refractivity contribution in [3.8, 4) is 0 Å². The number of hydrogen-bond acceptors (Lipinski definition) is 4. The van der Waals surface area contributed by atoms with Gasteiger partial charge in [0.05, 0.1) is 4.90 Å². The quantitative estimate of drug-likeness (QED) is 0.806. The van der Waals surface area contributed by atoms with E-state index in [2.05, 4.69) is 17.2 Å². The molecule has 1 fully saturated rings. The number of carbonyl (C=O) groups excluding carboxylic acids is 1. The monoisotopic (exact) mass is 309 g/mol. The van der Waals surface area contributed by atoms with E-state index in [0.29, 0.717) is 25.3 Å². The van der Waals surface area contributed by atoms with Gasteiger partial charge < -0.3 is 10.6 Å². The molecule has 114 valence electrons. The lowest BCUT2D eigenvalue weighted by atomic mass is 10.3. The van der Waals surface area contributed by atoms with Crippen molar-refractivity contribution in [3.05, 3.63) is 36.9 Å². The number of benzene rings is 1. The van der Waals surface area contributed by atoms with E-state index < -0.39 is 10.0 Å². The number of amides is 1. The molecule has 0 aromatic heterocycles. The summed E-state index contributed by atoms with van der Waals surface area (Å²) in [5.74, 6) is -0.332. The van der Waals surface area contributed by atoms with Gasteiger partial charge in [0.1, 0.15) is 0 Å². The van der Waals surface area contributed by atoms with Crippen molar-refractivity contribution < 1.29 is 13.2 Å². The second-order valence-corrected chi connectivity index (χ2v) is 6.87. The van der Waals surface area contributed by atoms with Gasteiger partial charge in [0.2, 0.25) is 15.9 Å². The number of hydrogen-bond donors (Lipinski definition) is 2. The van der Waals surface area contributed by atoms with Gasteiger partial charge in [-0.15, -0.1) is 0 Å². The van der Waals surface area contributed by atoms with Gasteiger partial charge in [0.25, 0.3) is 0 Å². The standard InChI is InChI=1S/C14H19N3O3S/c1-3-14(18)16-12-4-6-13(7-5-12)21(19,20)17-9-8-15-11(2)10-17/h3-7,11,15H,1,8-10H2,2H3,(H,16,18)/t11-/m0/s1. The van der Waals surface area contributed by atoms with Crippen LogP contribution in [0.5, 0.6) is 0 Å². The van der Waals surface area contributed by atoms with Gasteiger partial charge in [0, 0.05) is 31.4 Å². The Hall–Kier alpha value is -1.70. The fraction of sp³-hybridized carbons (Fsp3) is 0.357. The fourth-order valence-corrected chi connectivity index (χ4v) is 3.70. The minimum absolute atomic E-state index is 0.139. The summed E-state index contributed by atoms with van der Waals surface area (Å²) in [7, 11) is -3.49. The zero-order valence-electron chi connectivity index (χ0n) is 11.9. The number of rotatable bonds is 4. The van der Waals surface area contributed by atoms with Crippen molar-refractivity contribution in [2.24, 2.45) is 0 Å². The zero-order chi connectivity index (χ0) is 15.5. The first-order chi connectivity index (χ1) is 9.93. The summed E-state index contributed by atoms with van der Waals surface area (Å²) in [4.78, 5) is 11.4. The number of nitrogens with zero attached hydrogens (tertiary/aromatic N) is 1. The molecule has 1 aromatic rings. The predicted molar refractivity (Wildman–Crippen MR) is 81.5 cm³/mol. The maximum absolute atomic E-state index is 12.5. The van der Waals surface area contributed by atoms with E-state index in [1.807, 2.05) is 6.92 Å². The molecule has 0 saturated carbocycles. The fourth-order valence-electron chi connectivity index (χ4n) is 2.17. The molecule has 6 nitrogen and oxygen atoms in total. The molecular formula is C14H19N3O3S. The van der Waals surface area contributed by atoms with E-state index >= 15 is 0 Å². The van der Waals surface area contributed by atoms with E-state index in [0.717, 1.165) is 6.08 Å². The summed E-state index contributed by atoms with van der Waals surface area (Å²) in [5, 5.41) is 5.79. The largest absolute Gasteiger partial charge is 0.323 e. The SMILES string of the molecule is C=CC(=O)Nc1ccc(S(=O)(=O)N2CCN[C@@H](C)C2)cc1. The van der Waals surface area contributed by atoms with Crippen molar-refractivity contribution in [2.45, 2.75) is 17.9 Å². The Morgan fingerprint density at radius 1 is 1.43 bits per heavy atom. The average molecular weight is 309 g/mol. The van der Waals surface area contributed by atoms with Crippen LogP contribution in [-0.2, 0) is 14.8 Å².